The number of non-ortho nitro benzene ring substituents is 1. The van der Waals surface area contributed by atoms with Gasteiger partial charge < -0.3 is 9.32 Å². The second-order valence-electron chi connectivity index (χ2n) is 4.47. The van der Waals surface area contributed by atoms with Crippen molar-refractivity contribution in [1.82, 2.24) is 4.90 Å². The van der Waals surface area contributed by atoms with Gasteiger partial charge in [0.1, 0.15) is 5.76 Å². The van der Waals surface area contributed by atoms with E-state index in [1.165, 1.54) is 29.4 Å². The molecule has 2 aromatic rings. The highest BCUT2D eigenvalue weighted by Gasteiger charge is 2.09. The number of nitrogens with zero attached hydrogens (tertiary/aromatic N) is 2. The fourth-order valence-electron chi connectivity index (χ4n) is 1.79. The van der Waals surface area contributed by atoms with Crippen molar-refractivity contribution < 1.29 is 14.1 Å². The zero-order valence-corrected chi connectivity index (χ0v) is 11.4. The third-order valence-electron chi connectivity index (χ3n) is 2.85. The number of furan rings is 1. The minimum atomic E-state index is -0.456. The molecule has 0 bridgehead atoms. The van der Waals surface area contributed by atoms with Crippen molar-refractivity contribution in [3.63, 3.8) is 0 Å². The number of benzene rings is 1. The summed E-state index contributed by atoms with van der Waals surface area (Å²) in [5.74, 6) is 0.380. The molecule has 0 N–H and O–H groups in total. The van der Waals surface area contributed by atoms with E-state index in [1.807, 2.05) is 0 Å². The van der Waals surface area contributed by atoms with Gasteiger partial charge in [0, 0.05) is 31.8 Å². The zero-order valence-electron chi connectivity index (χ0n) is 11.4. The minimum absolute atomic E-state index is 0.0134. The lowest BCUT2D eigenvalue weighted by Gasteiger charge is -2.14. The fourth-order valence-corrected chi connectivity index (χ4v) is 1.79. The number of amides is 1. The summed E-state index contributed by atoms with van der Waals surface area (Å²) in [6, 6.07) is 9.70. The van der Waals surface area contributed by atoms with E-state index in [0.717, 1.165) is 0 Å². The molecule has 108 valence electrons. The molecule has 0 radical (unpaired) electrons. The lowest BCUT2D eigenvalue weighted by atomic mass is 10.2. The zero-order chi connectivity index (χ0) is 15.2. The van der Waals surface area contributed by atoms with Gasteiger partial charge in [0.25, 0.3) is 5.69 Å². The van der Waals surface area contributed by atoms with Gasteiger partial charge in [-0.25, -0.2) is 0 Å². The summed E-state index contributed by atoms with van der Waals surface area (Å²) in [5, 5.41) is 10.7. The molecule has 1 amide bonds. The van der Waals surface area contributed by atoms with Crippen LogP contribution in [0.2, 0.25) is 0 Å². The molecule has 1 aromatic heterocycles. The average molecular weight is 286 g/mol. The Bertz CT molecular complexity index is 662. The van der Waals surface area contributed by atoms with Gasteiger partial charge in [-0.2, -0.15) is 0 Å². The Morgan fingerprint density at radius 2 is 2.19 bits per heavy atom. The molecule has 0 fully saturated rings. The van der Waals surface area contributed by atoms with Crippen LogP contribution in [0.5, 0.6) is 0 Å². The summed E-state index contributed by atoms with van der Waals surface area (Å²) in [4.78, 5) is 23.6. The topological polar surface area (TPSA) is 76.6 Å². The molecule has 0 unspecified atom stereocenters. The third kappa shape index (κ3) is 4.04. The maximum absolute atomic E-state index is 11.9. The van der Waals surface area contributed by atoms with Crippen LogP contribution in [-0.2, 0) is 11.3 Å². The van der Waals surface area contributed by atoms with Crippen molar-refractivity contribution in [2.45, 2.75) is 6.54 Å². The van der Waals surface area contributed by atoms with Gasteiger partial charge >= 0.3 is 0 Å². The maximum Gasteiger partial charge on any atom is 0.269 e. The van der Waals surface area contributed by atoms with Crippen LogP contribution in [0.3, 0.4) is 0 Å². The van der Waals surface area contributed by atoms with Crippen LogP contribution in [0, 0.1) is 10.1 Å². The monoisotopic (exact) mass is 286 g/mol. The molecule has 0 atom stereocenters. The van der Waals surface area contributed by atoms with E-state index in [2.05, 4.69) is 0 Å². The lowest BCUT2D eigenvalue weighted by molar-refractivity contribution is -0.384. The molecule has 21 heavy (non-hydrogen) atoms. The Morgan fingerprint density at radius 1 is 1.38 bits per heavy atom. The van der Waals surface area contributed by atoms with Crippen molar-refractivity contribution in [3.05, 3.63) is 70.2 Å². The molecular formula is C15H14N2O4. The summed E-state index contributed by atoms with van der Waals surface area (Å²) in [7, 11) is 1.63. The first kappa shape index (κ1) is 14.5. The second-order valence-corrected chi connectivity index (χ2v) is 4.47. The number of hydrogen-bond acceptors (Lipinski definition) is 4. The molecule has 0 saturated heterocycles. The van der Waals surface area contributed by atoms with Gasteiger partial charge in [0.2, 0.25) is 5.91 Å². The molecular weight excluding hydrogens is 272 g/mol. The minimum Gasteiger partial charge on any atom is -0.465 e. The van der Waals surface area contributed by atoms with Crippen LogP contribution in [0.4, 0.5) is 5.69 Å². The molecule has 0 saturated carbocycles. The number of rotatable bonds is 5. The van der Waals surface area contributed by atoms with Gasteiger partial charge in [0.05, 0.1) is 11.2 Å². The first-order valence-electron chi connectivity index (χ1n) is 6.26. The van der Waals surface area contributed by atoms with Crippen molar-refractivity contribution in [2.24, 2.45) is 0 Å². The van der Waals surface area contributed by atoms with E-state index in [1.54, 1.807) is 37.4 Å². The number of nitro groups is 1. The molecule has 6 nitrogen and oxygen atoms in total. The van der Waals surface area contributed by atoms with E-state index in [9.17, 15) is 14.9 Å². The predicted octanol–water partition coefficient (Wildman–Crippen LogP) is 2.86. The summed E-state index contributed by atoms with van der Waals surface area (Å²) >= 11 is 0. The molecule has 0 spiro atoms. The van der Waals surface area contributed by atoms with Crippen molar-refractivity contribution in [1.29, 1.82) is 0 Å². The predicted molar refractivity (Wildman–Crippen MR) is 77.3 cm³/mol. The maximum atomic E-state index is 11.9. The summed E-state index contributed by atoms with van der Waals surface area (Å²) in [6.45, 7) is 0.295. The molecule has 0 aliphatic carbocycles. The first-order valence-corrected chi connectivity index (χ1v) is 6.26. The van der Waals surface area contributed by atoms with E-state index >= 15 is 0 Å². The highest BCUT2D eigenvalue weighted by atomic mass is 16.6. The van der Waals surface area contributed by atoms with Gasteiger partial charge in [-0.15, -0.1) is 0 Å². The molecule has 1 heterocycles. The fraction of sp³-hybridized carbons (Fsp3) is 0.133. The van der Waals surface area contributed by atoms with Gasteiger partial charge in [-0.1, -0.05) is 12.1 Å². The average Bonchev–Trinajstić information content (AvgIpc) is 2.98. The van der Waals surface area contributed by atoms with Crippen LogP contribution >= 0.6 is 0 Å². The summed E-state index contributed by atoms with van der Waals surface area (Å²) < 4.78 is 5.09. The Balaban J connectivity index is 2.00. The number of carbonyl (C=O) groups excluding carboxylic acids is 1. The van der Waals surface area contributed by atoms with Crippen molar-refractivity contribution in [3.8, 4) is 0 Å². The Kier molecular flexibility index (Phi) is 4.50. The molecule has 2 rings (SSSR count). The SMILES string of the molecule is CN(Cc1cccc([N+](=O)[O-])c1)C(=O)/C=C/c1ccco1. The largest absolute Gasteiger partial charge is 0.465 e. The number of carbonyl (C=O) groups is 1. The van der Waals surface area contributed by atoms with Gasteiger partial charge in [-0.3, -0.25) is 14.9 Å². The highest BCUT2D eigenvalue weighted by molar-refractivity contribution is 5.91. The quantitative estimate of drug-likeness (QED) is 0.481. The van der Waals surface area contributed by atoms with Crippen molar-refractivity contribution in [2.75, 3.05) is 7.05 Å². The van der Waals surface area contributed by atoms with Gasteiger partial charge in [-0.05, 0) is 23.8 Å². The Morgan fingerprint density at radius 3 is 2.86 bits per heavy atom. The lowest BCUT2D eigenvalue weighted by Crippen LogP contribution is -2.24. The van der Waals surface area contributed by atoms with Crippen LogP contribution in [0.1, 0.15) is 11.3 Å². The van der Waals surface area contributed by atoms with Gasteiger partial charge in [0.15, 0.2) is 0 Å². The van der Waals surface area contributed by atoms with Crippen LogP contribution < -0.4 is 0 Å². The van der Waals surface area contributed by atoms with E-state index in [-0.39, 0.29) is 11.6 Å². The van der Waals surface area contributed by atoms with Crippen molar-refractivity contribution >= 4 is 17.7 Å². The standard InChI is InChI=1S/C15H14N2O4/c1-16(15(18)8-7-14-6-3-9-21-14)11-12-4-2-5-13(10-12)17(19)20/h2-10H,11H2,1H3/b8-7+. The highest BCUT2D eigenvalue weighted by Crippen LogP contribution is 2.14. The van der Waals surface area contributed by atoms with Crippen LogP contribution in [0.25, 0.3) is 6.08 Å². The molecule has 6 heteroatoms. The summed E-state index contributed by atoms with van der Waals surface area (Å²) in [6.07, 6.45) is 4.50. The van der Waals surface area contributed by atoms with E-state index in [0.29, 0.717) is 17.9 Å². The third-order valence-corrected chi connectivity index (χ3v) is 2.85. The Hall–Kier alpha value is -2.89. The summed E-state index contributed by atoms with van der Waals surface area (Å²) in [5.41, 5.74) is 0.714. The first-order chi connectivity index (χ1) is 10.1. The second kappa shape index (κ2) is 6.51. The number of likely N-dealkylation sites (N-methyl/N-ethyl adjacent to an activating group) is 1. The normalized spacial score (nSPS) is 10.7. The molecule has 0 aliphatic rings. The number of hydrogen-bond donors (Lipinski definition) is 0. The van der Waals surface area contributed by atoms with E-state index < -0.39 is 4.92 Å². The number of nitro benzene ring substituents is 1. The van der Waals surface area contributed by atoms with E-state index in [4.69, 9.17) is 4.42 Å². The molecule has 0 aliphatic heterocycles. The molecule has 1 aromatic carbocycles. The smallest absolute Gasteiger partial charge is 0.269 e. The van der Waals surface area contributed by atoms with Crippen LogP contribution in [0.15, 0.2) is 53.2 Å². The Labute approximate surface area is 121 Å². The van der Waals surface area contributed by atoms with Crippen LogP contribution in [-0.4, -0.2) is 22.8 Å².